The Kier molecular flexibility index (Phi) is 8.24. The van der Waals surface area contributed by atoms with E-state index in [9.17, 15) is 9.59 Å². The highest BCUT2D eigenvalue weighted by atomic mass is 35.5. The Labute approximate surface area is 213 Å². The van der Waals surface area contributed by atoms with Crippen LogP contribution in [0.15, 0.2) is 54.6 Å². The van der Waals surface area contributed by atoms with Gasteiger partial charge in [0.2, 0.25) is 5.91 Å². The van der Waals surface area contributed by atoms with Crippen LogP contribution < -0.4 is 11.1 Å². The average molecular weight is 517 g/mol. The van der Waals surface area contributed by atoms with E-state index in [4.69, 9.17) is 28.9 Å². The van der Waals surface area contributed by atoms with E-state index in [0.29, 0.717) is 27.0 Å². The van der Waals surface area contributed by atoms with Gasteiger partial charge in [-0.3, -0.25) is 19.4 Å². The lowest BCUT2D eigenvalue weighted by Gasteiger charge is -2.34. The van der Waals surface area contributed by atoms with Crippen LogP contribution in [0.25, 0.3) is 0 Å². The fourth-order valence-electron chi connectivity index (χ4n) is 3.97. The quantitative estimate of drug-likeness (QED) is 0.461. The normalized spacial score (nSPS) is 14.8. The number of amides is 2. The molecule has 2 aromatic carbocycles. The van der Waals surface area contributed by atoms with E-state index in [1.54, 1.807) is 6.07 Å². The van der Waals surface area contributed by atoms with Crippen LogP contribution in [-0.2, 0) is 17.8 Å². The van der Waals surface area contributed by atoms with Crippen molar-refractivity contribution < 1.29 is 9.59 Å². The summed E-state index contributed by atoms with van der Waals surface area (Å²) >= 11 is 13.5. The Morgan fingerprint density at radius 2 is 1.62 bits per heavy atom. The number of carbonyl (C=O) groups is 2. The number of piperazine rings is 1. The summed E-state index contributed by atoms with van der Waals surface area (Å²) in [5.41, 5.74) is 8.17. The van der Waals surface area contributed by atoms with E-state index in [1.807, 2.05) is 48.5 Å². The number of nitrogens with zero attached hydrogens (tertiary/aromatic N) is 2. The third kappa shape index (κ3) is 6.58. The van der Waals surface area contributed by atoms with Gasteiger partial charge >= 0.3 is 0 Å². The molecule has 0 saturated carbocycles. The number of hydrogen-bond acceptors (Lipinski definition) is 5. The molecule has 1 aromatic heterocycles. The van der Waals surface area contributed by atoms with E-state index >= 15 is 0 Å². The molecule has 3 aromatic rings. The third-order valence-electron chi connectivity index (χ3n) is 5.75. The van der Waals surface area contributed by atoms with Crippen molar-refractivity contribution in [2.45, 2.75) is 13.0 Å². The number of hydrogen-bond donors (Lipinski definition) is 2. The lowest BCUT2D eigenvalue weighted by atomic mass is 10.1. The number of thiophene rings is 1. The van der Waals surface area contributed by atoms with Crippen LogP contribution >= 0.6 is 34.5 Å². The molecule has 1 aliphatic heterocycles. The van der Waals surface area contributed by atoms with Crippen molar-refractivity contribution in [2.24, 2.45) is 5.73 Å². The highest BCUT2D eigenvalue weighted by Gasteiger charge is 2.21. The minimum atomic E-state index is -0.540. The van der Waals surface area contributed by atoms with Crippen molar-refractivity contribution in [3.05, 3.63) is 86.2 Å². The van der Waals surface area contributed by atoms with Gasteiger partial charge < -0.3 is 11.1 Å². The lowest BCUT2D eigenvalue weighted by molar-refractivity contribution is -0.117. The summed E-state index contributed by atoms with van der Waals surface area (Å²) in [4.78, 5) is 30.1. The maximum absolute atomic E-state index is 12.7. The molecule has 2 amide bonds. The zero-order chi connectivity index (χ0) is 24.1. The van der Waals surface area contributed by atoms with Gasteiger partial charge in [0, 0.05) is 44.0 Å². The molecular weight excluding hydrogens is 491 g/mol. The lowest BCUT2D eigenvalue weighted by Crippen LogP contribution is -2.48. The Morgan fingerprint density at radius 1 is 0.912 bits per heavy atom. The van der Waals surface area contributed by atoms with Crippen LogP contribution in [0.5, 0.6) is 0 Å². The smallest absolute Gasteiger partial charge is 0.251 e. The second kappa shape index (κ2) is 11.3. The first-order valence-corrected chi connectivity index (χ1v) is 12.6. The molecule has 0 spiro atoms. The largest absolute Gasteiger partial charge is 0.366 e. The molecular formula is C25H26Cl2N4O2S. The highest BCUT2D eigenvalue weighted by molar-refractivity contribution is 7.16. The fourth-order valence-corrected chi connectivity index (χ4v) is 5.41. The summed E-state index contributed by atoms with van der Waals surface area (Å²) in [6.07, 6.45) is 0.683. The summed E-state index contributed by atoms with van der Waals surface area (Å²) in [7, 11) is 0. The predicted octanol–water partition coefficient (Wildman–Crippen LogP) is 4.50. The van der Waals surface area contributed by atoms with Crippen LogP contribution in [0.3, 0.4) is 0 Å². The molecule has 178 valence electrons. The molecule has 4 rings (SSSR count). The number of nitrogens with one attached hydrogen (secondary N) is 1. The molecule has 0 unspecified atom stereocenters. The maximum atomic E-state index is 12.7. The molecule has 2 heterocycles. The van der Waals surface area contributed by atoms with E-state index in [2.05, 4.69) is 15.1 Å². The molecule has 3 N–H and O–H groups in total. The van der Waals surface area contributed by atoms with Crippen LogP contribution in [-0.4, -0.2) is 54.3 Å². The molecule has 1 fully saturated rings. The molecule has 0 atom stereocenters. The number of halogens is 2. The number of nitrogens with two attached hydrogens (primary N) is 1. The SMILES string of the molecule is NC(=O)c1cc(Cc2ccccc2)sc1NC(=O)CN1CCN(Cc2ccc(Cl)c(Cl)c2)CC1. The van der Waals surface area contributed by atoms with Crippen molar-refractivity contribution in [1.29, 1.82) is 0 Å². The summed E-state index contributed by atoms with van der Waals surface area (Å²) in [5.74, 6) is -0.685. The standard InChI is InChI=1S/C25H26Cl2N4O2S/c26-21-7-6-18(13-22(21)27)15-30-8-10-31(11-9-30)16-23(32)29-25-20(24(28)33)14-19(34-25)12-17-4-2-1-3-5-17/h1-7,13-14H,8-12,15-16H2,(H2,28,33)(H,29,32). The van der Waals surface area contributed by atoms with Crippen LogP contribution in [0, 0.1) is 0 Å². The minimum Gasteiger partial charge on any atom is -0.366 e. The highest BCUT2D eigenvalue weighted by Crippen LogP contribution is 2.30. The van der Waals surface area contributed by atoms with E-state index < -0.39 is 5.91 Å². The fraction of sp³-hybridized carbons (Fsp3) is 0.280. The first-order valence-electron chi connectivity index (χ1n) is 11.0. The minimum absolute atomic E-state index is 0.145. The second-order valence-corrected chi connectivity index (χ2v) is 10.3. The van der Waals surface area contributed by atoms with E-state index in [1.165, 1.54) is 11.3 Å². The zero-order valence-corrected chi connectivity index (χ0v) is 20.9. The van der Waals surface area contributed by atoms with Crippen molar-refractivity contribution in [1.82, 2.24) is 9.80 Å². The molecule has 0 radical (unpaired) electrons. The Bertz CT molecular complexity index is 1160. The van der Waals surface area contributed by atoms with Crippen LogP contribution in [0.1, 0.15) is 26.4 Å². The topological polar surface area (TPSA) is 78.7 Å². The van der Waals surface area contributed by atoms with Gasteiger partial charge in [-0.2, -0.15) is 0 Å². The summed E-state index contributed by atoms with van der Waals surface area (Å²) in [6, 6.07) is 17.5. The van der Waals surface area contributed by atoms with E-state index in [-0.39, 0.29) is 12.5 Å². The first-order chi connectivity index (χ1) is 16.4. The number of carbonyl (C=O) groups excluding carboxylic acids is 2. The van der Waals surface area contributed by atoms with Gasteiger partial charge in [-0.25, -0.2) is 0 Å². The average Bonchev–Trinajstić information content (AvgIpc) is 3.20. The van der Waals surface area contributed by atoms with Crippen molar-refractivity contribution >= 4 is 51.4 Å². The molecule has 6 nitrogen and oxygen atoms in total. The van der Waals surface area contributed by atoms with E-state index in [0.717, 1.165) is 48.7 Å². The first kappa shape index (κ1) is 24.7. The third-order valence-corrected chi connectivity index (χ3v) is 7.53. The number of rotatable bonds is 8. The van der Waals surface area contributed by atoms with Crippen molar-refractivity contribution in [3.8, 4) is 0 Å². The van der Waals surface area contributed by atoms with Crippen molar-refractivity contribution in [3.63, 3.8) is 0 Å². The van der Waals surface area contributed by atoms with Crippen LogP contribution in [0.4, 0.5) is 5.00 Å². The van der Waals surface area contributed by atoms with Gasteiger partial charge in [-0.15, -0.1) is 11.3 Å². The molecule has 0 bridgehead atoms. The Hall–Kier alpha value is -2.42. The zero-order valence-electron chi connectivity index (χ0n) is 18.6. The van der Waals surface area contributed by atoms with Gasteiger partial charge in [0.15, 0.2) is 0 Å². The maximum Gasteiger partial charge on any atom is 0.251 e. The number of benzene rings is 2. The predicted molar refractivity (Wildman–Crippen MR) is 139 cm³/mol. The molecule has 0 aliphatic carbocycles. The molecule has 1 aliphatic rings. The van der Waals surface area contributed by atoms with Gasteiger partial charge in [0.05, 0.1) is 22.2 Å². The summed E-state index contributed by atoms with van der Waals surface area (Å²) < 4.78 is 0. The van der Waals surface area contributed by atoms with Gasteiger partial charge in [0.25, 0.3) is 5.91 Å². The Morgan fingerprint density at radius 3 is 2.29 bits per heavy atom. The van der Waals surface area contributed by atoms with Gasteiger partial charge in [0.1, 0.15) is 5.00 Å². The number of primary amides is 1. The van der Waals surface area contributed by atoms with Gasteiger partial charge in [-0.05, 0) is 29.3 Å². The van der Waals surface area contributed by atoms with Crippen molar-refractivity contribution in [2.75, 3.05) is 38.0 Å². The molecule has 34 heavy (non-hydrogen) atoms. The van der Waals surface area contributed by atoms with Crippen LogP contribution in [0.2, 0.25) is 10.0 Å². The number of anilines is 1. The monoisotopic (exact) mass is 516 g/mol. The van der Waals surface area contributed by atoms with Gasteiger partial charge in [-0.1, -0.05) is 59.6 Å². The second-order valence-electron chi connectivity index (χ2n) is 8.33. The summed E-state index contributed by atoms with van der Waals surface area (Å²) in [6.45, 7) is 4.31. The molecule has 9 heteroatoms. The summed E-state index contributed by atoms with van der Waals surface area (Å²) in [5, 5.41) is 4.53. The Balaban J connectivity index is 1.30. The molecule has 1 saturated heterocycles.